The summed E-state index contributed by atoms with van der Waals surface area (Å²) in [4.78, 5) is 21.9. The highest BCUT2D eigenvalue weighted by Gasteiger charge is 2.02. The number of hydrogen-bond acceptors (Lipinski definition) is 3. The van der Waals surface area contributed by atoms with Crippen molar-refractivity contribution in [3.63, 3.8) is 0 Å². The van der Waals surface area contributed by atoms with Crippen LogP contribution in [0.5, 0.6) is 0 Å². The smallest absolute Gasteiger partial charge is 0.269 e. The van der Waals surface area contributed by atoms with Crippen molar-refractivity contribution in [1.82, 2.24) is 0 Å². The number of rotatable bonds is 5. The Morgan fingerprint density at radius 1 is 0.952 bits per heavy atom. The number of allylic oxidation sites excluding steroid dienone is 3. The van der Waals surface area contributed by atoms with E-state index in [0.29, 0.717) is 5.56 Å². The van der Waals surface area contributed by atoms with Crippen molar-refractivity contribution < 1.29 is 9.72 Å². The first-order chi connectivity index (χ1) is 10.2. The van der Waals surface area contributed by atoms with E-state index < -0.39 is 4.92 Å². The average Bonchev–Trinajstić information content (AvgIpc) is 2.52. The van der Waals surface area contributed by atoms with Gasteiger partial charge in [0.25, 0.3) is 5.69 Å². The second-order valence-corrected chi connectivity index (χ2v) is 4.30. The molecule has 104 valence electrons. The lowest BCUT2D eigenvalue weighted by Gasteiger charge is -1.93. The van der Waals surface area contributed by atoms with E-state index >= 15 is 0 Å². The number of nitro benzene ring substituents is 1. The molecule has 0 N–H and O–H groups in total. The molecule has 0 aliphatic carbocycles. The summed E-state index contributed by atoms with van der Waals surface area (Å²) in [5, 5.41) is 10.5. The monoisotopic (exact) mass is 279 g/mol. The third kappa shape index (κ3) is 4.24. The van der Waals surface area contributed by atoms with Gasteiger partial charge in [-0.2, -0.15) is 0 Å². The van der Waals surface area contributed by atoms with Gasteiger partial charge in [-0.25, -0.2) is 0 Å². The number of ketones is 1. The first-order valence-electron chi connectivity index (χ1n) is 6.35. The summed E-state index contributed by atoms with van der Waals surface area (Å²) < 4.78 is 0. The normalized spacial score (nSPS) is 11.0. The Morgan fingerprint density at radius 3 is 2.24 bits per heavy atom. The Hall–Kier alpha value is -3.01. The molecule has 0 saturated carbocycles. The zero-order chi connectivity index (χ0) is 15.1. The first kappa shape index (κ1) is 14.4. The van der Waals surface area contributed by atoms with E-state index in [4.69, 9.17) is 0 Å². The molecular weight excluding hydrogens is 266 g/mol. The zero-order valence-corrected chi connectivity index (χ0v) is 11.2. The third-order valence-electron chi connectivity index (χ3n) is 2.81. The lowest BCUT2D eigenvalue weighted by molar-refractivity contribution is -0.384. The largest absolute Gasteiger partial charge is 0.289 e. The molecule has 0 amide bonds. The van der Waals surface area contributed by atoms with Gasteiger partial charge in [-0.15, -0.1) is 0 Å². The van der Waals surface area contributed by atoms with E-state index in [2.05, 4.69) is 0 Å². The van der Waals surface area contributed by atoms with Crippen molar-refractivity contribution in [2.45, 2.75) is 0 Å². The number of nitrogens with zero attached hydrogens (tertiary/aromatic N) is 1. The van der Waals surface area contributed by atoms with Crippen LogP contribution in [0.25, 0.3) is 6.08 Å². The molecule has 0 aliphatic heterocycles. The van der Waals surface area contributed by atoms with Crippen LogP contribution in [0.4, 0.5) is 5.69 Å². The summed E-state index contributed by atoms with van der Waals surface area (Å²) in [6, 6.07) is 15.2. The van der Waals surface area contributed by atoms with Crippen LogP contribution in [-0.4, -0.2) is 10.7 Å². The van der Waals surface area contributed by atoms with Gasteiger partial charge >= 0.3 is 0 Å². The maximum absolute atomic E-state index is 11.8. The summed E-state index contributed by atoms with van der Waals surface area (Å²) in [6.07, 6.45) is 6.63. The van der Waals surface area contributed by atoms with Crippen LogP contribution in [0, 0.1) is 10.1 Å². The first-order valence-corrected chi connectivity index (χ1v) is 6.35. The van der Waals surface area contributed by atoms with E-state index in [9.17, 15) is 14.9 Å². The van der Waals surface area contributed by atoms with Crippen LogP contribution in [-0.2, 0) is 0 Å². The summed E-state index contributed by atoms with van der Waals surface area (Å²) in [5.41, 5.74) is 1.52. The molecule has 2 aromatic carbocycles. The minimum absolute atomic E-state index is 0.0574. The van der Waals surface area contributed by atoms with Crippen molar-refractivity contribution in [1.29, 1.82) is 0 Å². The molecule has 0 atom stereocenters. The number of hydrogen-bond donors (Lipinski definition) is 0. The van der Waals surface area contributed by atoms with Gasteiger partial charge < -0.3 is 0 Å². The predicted octanol–water partition coefficient (Wildman–Crippen LogP) is 4.05. The maximum Gasteiger partial charge on any atom is 0.269 e. The number of non-ortho nitro benzene ring substituents is 1. The fraction of sp³-hybridized carbons (Fsp3) is 0. The molecule has 2 rings (SSSR count). The summed E-state index contributed by atoms with van der Waals surface area (Å²) in [5.74, 6) is -0.0658. The molecule has 0 aromatic heterocycles. The van der Waals surface area contributed by atoms with Gasteiger partial charge in [-0.1, -0.05) is 48.6 Å². The Morgan fingerprint density at radius 2 is 1.62 bits per heavy atom. The van der Waals surface area contributed by atoms with E-state index in [1.54, 1.807) is 42.5 Å². The molecule has 0 heterocycles. The molecule has 4 heteroatoms. The molecule has 0 spiro atoms. The van der Waals surface area contributed by atoms with Gasteiger partial charge in [-0.3, -0.25) is 14.9 Å². The molecule has 2 aromatic rings. The Bertz CT molecular complexity index is 686. The summed E-state index contributed by atoms with van der Waals surface area (Å²) in [6.45, 7) is 0. The van der Waals surface area contributed by atoms with Crippen LogP contribution >= 0.6 is 0 Å². The molecule has 0 saturated heterocycles. The predicted molar refractivity (Wildman–Crippen MR) is 82.0 cm³/mol. The SMILES string of the molecule is O=C(/C=C/C=C/c1ccc([N+](=O)[O-])cc1)c1ccccc1. The van der Waals surface area contributed by atoms with Crippen LogP contribution in [0.15, 0.2) is 72.8 Å². The summed E-state index contributed by atoms with van der Waals surface area (Å²) in [7, 11) is 0. The van der Waals surface area contributed by atoms with Gasteiger partial charge in [0.15, 0.2) is 5.78 Å². The number of carbonyl (C=O) groups excluding carboxylic acids is 1. The third-order valence-corrected chi connectivity index (χ3v) is 2.81. The fourth-order valence-electron chi connectivity index (χ4n) is 1.72. The van der Waals surface area contributed by atoms with E-state index in [-0.39, 0.29) is 11.5 Å². The minimum atomic E-state index is -0.439. The maximum atomic E-state index is 11.8. The van der Waals surface area contributed by atoms with Gasteiger partial charge in [0.2, 0.25) is 0 Å². The lowest BCUT2D eigenvalue weighted by atomic mass is 10.1. The summed E-state index contributed by atoms with van der Waals surface area (Å²) >= 11 is 0. The van der Waals surface area contributed by atoms with E-state index in [1.807, 2.05) is 18.2 Å². The van der Waals surface area contributed by atoms with Crippen molar-refractivity contribution in [3.8, 4) is 0 Å². The van der Waals surface area contributed by atoms with E-state index in [1.165, 1.54) is 18.2 Å². The second-order valence-electron chi connectivity index (χ2n) is 4.30. The second kappa shape index (κ2) is 6.96. The van der Waals surface area contributed by atoms with Gasteiger partial charge in [-0.05, 0) is 23.8 Å². The Labute approximate surface area is 122 Å². The highest BCUT2D eigenvalue weighted by Crippen LogP contribution is 2.12. The molecule has 0 aliphatic rings. The van der Waals surface area contributed by atoms with Crippen molar-refractivity contribution in [2.24, 2.45) is 0 Å². The van der Waals surface area contributed by atoms with E-state index in [0.717, 1.165) is 5.56 Å². The molecule has 4 nitrogen and oxygen atoms in total. The zero-order valence-electron chi connectivity index (χ0n) is 11.2. The van der Waals surface area contributed by atoms with Crippen LogP contribution < -0.4 is 0 Å². The molecule has 0 unspecified atom stereocenters. The van der Waals surface area contributed by atoms with Crippen LogP contribution in [0.2, 0.25) is 0 Å². The number of carbonyl (C=O) groups is 1. The molecular formula is C17H13NO3. The van der Waals surface area contributed by atoms with Crippen molar-refractivity contribution in [3.05, 3.63) is 94.1 Å². The fourth-order valence-corrected chi connectivity index (χ4v) is 1.72. The quantitative estimate of drug-likeness (QED) is 0.273. The number of nitro groups is 1. The highest BCUT2D eigenvalue weighted by molar-refractivity contribution is 6.04. The average molecular weight is 279 g/mol. The Kier molecular flexibility index (Phi) is 4.77. The Balaban J connectivity index is 1.97. The lowest BCUT2D eigenvalue weighted by Crippen LogP contribution is -1.92. The topological polar surface area (TPSA) is 60.2 Å². The van der Waals surface area contributed by atoms with Crippen molar-refractivity contribution >= 4 is 17.5 Å². The van der Waals surface area contributed by atoms with Crippen LogP contribution in [0.3, 0.4) is 0 Å². The molecule has 21 heavy (non-hydrogen) atoms. The standard InChI is InChI=1S/C17H13NO3/c19-17(15-7-2-1-3-8-15)9-5-4-6-14-10-12-16(13-11-14)18(20)21/h1-13H/b6-4+,9-5+. The molecule has 0 fully saturated rings. The van der Waals surface area contributed by atoms with Gasteiger partial charge in [0.05, 0.1) is 4.92 Å². The van der Waals surface area contributed by atoms with Crippen LogP contribution in [0.1, 0.15) is 15.9 Å². The van der Waals surface area contributed by atoms with Crippen molar-refractivity contribution in [2.75, 3.05) is 0 Å². The molecule has 0 bridgehead atoms. The highest BCUT2D eigenvalue weighted by atomic mass is 16.6. The van der Waals surface area contributed by atoms with Gasteiger partial charge in [0, 0.05) is 17.7 Å². The van der Waals surface area contributed by atoms with Gasteiger partial charge in [0.1, 0.15) is 0 Å². The molecule has 0 radical (unpaired) electrons. The minimum Gasteiger partial charge on any atom is -0.289 e. The number of benzene rings is 2.